The second-order valence-corrected chi connectivity index (χ2v) is 11.5. The number of ether oxygens (including phenoxy) is 4. The molecule has 1 aliphatic heterocycles. The third-order valence-corrected chi connectivity index (χ3v) is 7.66. The molecule has 3 unspecified atom stereocenters. The molecule has 3 atom stereocenters. The summed E-state index contributed by atoms with van der Waals surface area (Å²) in [5.41, 5.74) is 6.24. The molecule has 0 aromatic heterocycles. The predicted molar refractivity (Wildman–Crippen MR) is 234 cm³/mol. The number of hydrogen-bond donors (Lipinski definition) is 6. The van der Waals surface area contributed by atoms with Crippen LogP contribution in [0.2, 0.25) is 0 Å². The number of esters is 1. The Kier molecular flexibility index (Phi) is 38.2. The van der Waals surface area contributed by atoms with Crippen LogP contribution in [-0.4, -0.2) is 114 Å². The lowest BCUT2D eigenvalue weighted by molar-refractivity contribution is -0.147. The normalized spacial score (nSPS) is 14.7. The molecule has 6 N–H and O–H groups in total. The number of hydrogen-bond acceptors (Lipinski definition) is 13. The Morgan fingerprint density at radius 1 is 0.800 bits per heavy atom. The van der Waals surface area contributed by atoms with E-state index in [0.29, 0.717) is 49.3 Å². The summed E-state index contributed by atoms with van der Waals surface area (Å²) in [6, 6.07) is 21.2. The van der Waals surface area contributed by atoms with Gasteiger partial charge in [0.25, 0.3) is 0 Å². The van der Waals surface area contributed by atoms with Gasteiger partial charge in [-0.25, -0.2) is 4.79 Å². The highest BCUT2D eigenvalue weighted by Gasteiger charge is 2.34. The van der Waals surface area contributed by atoms with E-state index in [-0.39, 0.29) is 30.6 Å². The monoisotopic (exact) mass is 844 g/mol. The molecule has 16 heteroatoms. The summed E-state index contributed by atoms with van der Waals surface area (Å²) in [6.45, 7) is 11.4. The largest absolute Gasteiger partial charge is 0.473 e. The van der Waals surface area contributed by atoms with E-state index in [1.165, 1.54) is 50.1 Å². The van der Waals surface area contributed by atoms with Crippen molar-refractivity contribution in [1.29, 1.82) is 0 Å². The van der Waals surface area contributed by atoms with E-state index in [9.17, 15) is 19.5 Å². The number of urea groups is 1. The van der Waals surface area contributed by atoms with Gasteiger partial charge in [-0.05, 0) is 74.1 Å². The van der Waals surface area contributed by atoms with Crippen molar-refractivity contribution in [2.45, 2.75) is 85.3 Å². The van der Waals surface area contributed by atoms with Gasteiger partial charge in [-0.1, -0.05) is 68.4 Å². The number of aliphatic hydroxyl groups is 2. The van der Waals surface area contributed by atoms with Gasteiger partial charge in [0.15, 0.2) is 6.23 Å². The maximum absolute atomic E-state index is 11.8. The summed E-state index contributed by atoms with van der Waals surface area (Å²) in [5.74, 6) is 0.286. The molecule has 3 amide bonds. The van der Waals surface area contributed by atoms with E-state index in [0.717, 1.165) is 26.0 Å². The Balaban J connectivity index is -0.000000809. The van der Waals surface area contributed by atoms with Crippen LogP contribution in [0.25, 0.3) is 11.1 Å². The number of fused-ring (bicyclic) bond motifs is 3. The fourth-order valence-electron chi connectivity index (χ4n) is 5.54. The van der Waals surface area contributed by atoms with Gasteiger partial charge in [0.1, 0.15) is 30.6 Å². The van der Waals surface area contributed by atoms with Crippen LogP contribution in [0.15, 0.2) is 66.7 Å². The maximum Gasteiger partial charge on any atom is 0.323 e. The Bertz CT molecular complexity index is 1550. The number of aliphatic hydroxyl groups excluding tert-OH is 2. The van der Waals surface area contributed by atoms with Crippen molar-refractivity contribution in [2.24, 2.45) is 0 Å². The molecular formula is C44H68N4O12. The first-order chi connectivity index (χ1) is 29.1. The lowest BCUT2D eigenvalue weighted by atomic mass is 9.97. The summed E-state index contributed by atoms with van der Waals surface area (Å²) in [5, 5.41) is 27.5. The van der Waals surface area contributed by atoms with Gasteiger partial charge in [-0.2, -0.15) is 0 Å². The zero-order valence-electron chi connectivity index (χ0n) is 37.0. The molecule has 1 aliphatic carbocycles. The average Bonchev–Trinajstić information content (AvgIpc) is 3.59. The lowest BCUT2D eigenvalue weighted by Gasteiger charge is -2.34. The van der Waals surface area contributed by atoms with Crippen LogP contribution in [0.5, 0.6) is 5.75 Å². The zero-order valence-corrected chi connectivity index (χ0v) is 37.0. The highest BCUT2D eigenvalue weighted by atomic mass is 16.5. The van der Waals surface area contributed by atoms with Crippen molar-refractivity contribution >= 4 is 43.0 Å². The highest BCUT2D eigenvalue weighted by Crippen LogP contribution is 2.44. The fourth-order valence-corrected chi connectivity index (χ4v) is 5.54. The number of anilines is 1. The van der Waals surface area contributed by atoms with Crippen LogP contribution in [0.3, 0.4) is 0 Å². The van der Waals surface area contributed by atoms with Crippen LogP contribution in [-0.2, 0) is 44.8 Å². The number of rotatable bonds is 10. The molecule has 0 radical (unpaired) electrons. The predicted octanol–water partition coefficient (Wildman–Crippen LogP) is 5.02. The van der Waals surface area contributed by atoms with Crippen molar-refractivity contribution in [3.05, 3.63) is 83.4 Å². The van der Waals surface area contributed by atoms with Crippen molar-refractivity contribution in [1.82, 2.24) is 16.0 Å². The van der Waals surface area contributed by atoms with Crippen molar-refractivity contribution in [3.63, 3.8) is 0 Å². The van der Waals surface area contributed by atoms with E-state index < -0.39 is 12.3 Å². The minimum absolute atomic E-state index is 0.102. The number of nitrogens with one attached hydrogen (secondary N) is 4. The summed E-state index contributed by atoms with van der Waals surface area (Å²) in [4.78, 5) is 60.6. The molecule has 60 heavy (non-hydrogen) atoms. The van der Waals surface area contributed by atoms with Gasteiger partial charge in [-0.3, -0.25) is 14.9 Å². The second-order valence-electron chi connectivity index (χ2n) is 11.5. The number of amides is 3. The van der Waals surface area contributed by atoms with Crippen LogP contribution >= 0.6 is 0 Å². The van der Waals surface area contributed by atoms with Crippen molar-refractivity contribution < 1.29 is 57.9 Å². The number of carbonyl (C=O) groups excluding carboxylic acids is 6. The molecular weight excluding hydrogens is 776 g/mol. The molecule has 1 fully saturated rings. The molecule has 0 bridgehead atoms. The summed E-state index contributed by atoms with van der Waals surface area (Å²) in [6.07, 6.45) is 3.17. The molecule has 1 saturated heterocycles. The third-order valence-electron chi connectivity index (χ3n) is 7.66. The Hall–Kier alpha value is -5.52. The molecule has 16 nitrogen and oxygen atoms in total. The Morgan fingerprint density at radius 2 is 1.30 bits per heavy atom. The smallest absolute Gasteiger partial charge is 0.323 e. The van der Waals surface area contributed by atoms with Crippen LogP contribution in [0, 0.1) is 0 Å². The first-order valence-electron chi connectivity index (χ1n) is 19.3. The summed E-state index contributed by atoms with van der Waals surface area (Å²) < 4.78 is 20.3. The van der Waals surface area contributed by atoms with E-state index in [4.69, 9.17) is 33.7 Å². The van der Waals surface area contributed by atoms with Gasteiger partial charge in [0, 0.05) is 53.9 Å². The van der Waals surface area contributed by atoms with E-state index in [1.807, 2.05) is 20.8 Å². The summed E-state index contributed by atoms with van der Waals surface area (Å²) >= 11 is 0. The van der Waals surface area contributed by atoms with Gasteiger partial charge < -0.3 is 59.5 Å². The number of aldehydes is 3. The summed E-state index contributed by atoms with van der Waals surface area (Å²) in [7, 11) is 7.16. The maximum atomic E-state index is 11.8. The van der Waals surface area contributed by atoms with E-state index in [2.05, 4.69) is 74.5 Å². The number of methoxy groups -OCH3 is 3. The van der Waals surface area contributed by atoms with E-state index >= 15 is 0 Å². The van der Waals surface area contributed by atoms with Crippen molar-refractivity contribution in [2.75, 3.05) is 54.0 Å². The zero-order chi connectivity index (χ0) is 46.3. The highest BCUT2D eigenvalue weighted by molar-refractivity contribution is 5.80. The second kappa shape index (κ2) is 39.0. The molecule has 5 rings (SSSR count). The number of carbonyl (C=O) groups is 6. The van der Waals surface area contributed by atoms with Crippen molar-refractivity contribution in [3.8, 4) is 16.9 Å². The van der Waals surface area contributed by atoms with E-state index in [1.54, 1.807) is 39.5 Å². The molecule has 3 aromatic carbocycles. The fraction of sp³-hybridized carbons (Fsp3) is 0.455. The third kappa shape index (κ3) is 22.6. The molecule has 0 spiro atoms. The standard InChI is InChI=1S/C17H18N2O.C16H22N2O6.C2H6O.3C2H4O.C2H6.CH4O/c1-2-18-17(20)19-11-16-14-9-5-3-7-12(14)13-8-4-6-10-15(13)16;1-22-11-6-13(16(21)23-2)18-15(7-11)24-14-4-3-10(8-19)5-12(14)17-9-20;1-3-2;3*1-2-3;2*1-2/h3-10,16H,2,11H2,1H3,(H2,18,19,20);3-5,9,11,13,15,18-19H,6-8H2,1-2H3,(H,17,20);1-2H3;3*2H,1H3;1-2H3;2H,1H3. The molecule has 2 aliphatic rings. The van der Waals surface area contributed by atoms with Gasteiger partial charge in [0.05, 0.1) is 25.5 Å². The molecule has 3 aromatic rings. The van der Waals surface area contributed by atoms with Crippen LogP contribution in [0.1, 0.15) is 77.0 Å². The van der Waals surface area contributed by atoms with Gasteiger partial charge in [0.2, 0.25) is 6.41 Å². The van der Waals surface area contributed by atoms with Gasteiger partial charge >= 0.3 is 12.0 Å². The Morgan fingerprint density at radius 3 is 1.73 bits per heavy atom. The molecule has 336 valence electrons. The topological polar surface area (TPSA) is 228 Å². The Labute approximate surface area is 355 Å². The quantitative estimate of drug-likeness (QED) is 0.117. The SMILES string of the molecule is CC.CC=O.CC=O.CC=O.CCNC(=O)NCC1c2ccccc2-c2ccccc21.CO.COC.COC(=O)C1CC(OC)CC(Oc2ccc(CO)cc2NC=O)N1. The minimum Gasteiger partial charge on any atom is -0.473 e. The first-order valence-corrected chi connectivity index (χ1v) is 19.3. The number of benzene rings is 3. The lowest BCUT2D eigenvalue weighted by Crippen LogP contribution is -2.54. The molecule has 0 saturated carbocycles. The van der Waals surface area contributed by atoms with Crippen LogP contribution < -0.4 is 26.0 Å². The van der Waals surface area contributed by atoms with Gasteiger partial charge in [-0.15, -0.1) is 0 Å². The first kappa shape index (κ1) is 58.8. The molecule has 1 heterocycles. The minimum atomic E-state index is -0.530. The van der Waals surface area contributed by atoms with Crippen LogP contribution in [0.4, 0.5) is 10.5 Å². The average molecular weight is 845 g/mol. The number of piperidine rings is 1.